The summed E-state index contributed by atoms with van der Waals surface area (Å²) in [6.45, 7) is 12.1. The minimum atomic E-state index is -3.06. The number of hydrogen-bond donors (Lipinski definition) is 4. The average Bonchev–Trinajstić information content (AvgIpc) is 2.86. The van der Waals surface area contributed by atoms with E-state index in [1.165, 1.54) is 0 Å². The third-order valence-corrected chi connectivity index (χ3v) is 7.48. The number of halogens is 2. The van der Waals surface area contributed by atoms with E-state index in [4.69, 9.17) is 10.8 Å². The first-order valence-electron chi connectivity index (χ1n) is 14.1. The van der Waals surface area contributed by atoms with Crippen LogP contribution in [0.25, 0.3) is 0 Å². The molecular weight excluding hydrogens is 498 g/mol. The van der Waals surface area contributed by atoms with E-state index in [0.717, 1.165) is 31.4 Å². The molecule has 0 aromatic heterocycles. The van der Waals surface area contributed by atoms with Crippen LogP contribution in [-0.2, 0) is 4.79 Å². The lowest BCUT2D eigenvalue weighted by Crippen LogP contribution is -2.56. The van der Waals surface area contributed by atoms with Crippen molar-refractivity contribution in [2.45, 2.75) is 118 Å². The van der Waals surface area contributed by atoms with E-state index in [1.54, 1.807) is 13.8 Å². The molecule has 1 aromatic carbocycles. The van der Waals surface area contributed by atoms with Gasteiger partial charge in [0.15, 0.2) is 0 Å². The molecule has 0 radical (unpaired) electrons. The number of nitrogens with zero attached hydrogens (tertiary/aromatic N) is 2. The van der Waals surface area contributed by atoms with Gasteiger partial charge in [-0.05, 0) is 51.5 Å². The largest absolute Gasteiger partial charge is 0.348 e. The summed E-state index contributed by atoms with van der Waals surface area (Å²) in [5.41, 5.74) is 0.952. The third-order valence-electron chi connectivity index (χ3n) is 7.48. The Bertz CT molecular complexity index is 910. The van der Waals surface area contributed by atoms with Gasteiger partial charge in [0.2, 0.25) is 5.91 Å². The van der Waals surface area contributed by atoms with E-state index in [2.05, 4.69) is 29.4 Å². The van der Waals surface area contributed by atoms with Gasteiger partial charge in [-0.1, -0.05) is 65.5 Å². The zero-order valence-corrected chi connectivity index (χ0v) is 24.0. The highest BCUT2D eigenvalue weighted by molar-refractivity contribution is 5.98. The molecule has 222 valence electrons. The van der Waals surface area contributed by atoms with Crippen molar-refractivity contribution in [2.75, 3.05) is 13.1 Å². The molecule has 4 N–H and O–H groups in total. The second kappa shape index (κ2) is 16.0. The highest BCUT2D eigenvalue weighted by Gasteiger charge is 2.37. The maximum absolute atomic E-state index is 13.9. The highest BCUT2D eigenvalue weighted by Crippen LogP contribution is 2.31. The molecule has 1 saturated heterocycles. The Morgan fingerprint density at radius 3 is 2.36 bits per heavy atom. The topological polar surface area (TPSA) is 95.3 Å². The minimum Gasteiger partial charge on any atom is -0.348 e. The lowest BCUT2D eigenvalue weighted by Gasteiger charge is -2.48. The number of carbonyl (C=O) groups is 1. The van der Waals surface area contributed by atoms with Gasteiger partial charge >= 0.3 is 6.05 Å². The Kier molecular flexibility index (Phi) is 14.2. The summed E-state index contributed by atoms with van der Waals surface area (Å²) >= 11 is 0. The molecule has 39 heavy (non-hydrogen) atoms. The third kappa shape index (κ3) is 10.3. The molecule has 1 fully saturated rings. The van der Waals surface area contributed by atoms with Crippen LogP contribution in [0.15, 0.2) is 30.3 Å². The maximum atomic E-state index is 13.9. The second-order valence-electron chi connectivity index (χ2n) is 10.9. The van der Waals surface area contributed by atoms with Crippen LogP contribution in [0.5, 0.6) is 0 Å². The molecule has 4 atom stereocenters. The van der Waals surface area contributed by atoms with Crippen molar-refractivity contribution in [1.29, 1.82) is 10.8 Å². The van der Waals surface area contributed by atoms with Crippen molar-refractivity contribution < 1.29 is 13.6 Å². The summed E-state index contributed by atoms with van der Waals surface area (Å²) in [4.78, 5) is 17.0. The van der Waals surface area contributed by atoms with Gasteiger partial charge in [0.05, 0.1) is 18.4 Å². The average molecular weight is 551 g/mol. The zero-order valence-electron chi connectivity index (χ0n) is 24.0. The van der Waals surface area contributed by atoms with Crippen LogP contribution in [0, 0.1) is 16.7 Å². The van der Waals surface area contributed by atoms with Crippen molar-refractivity contribution in [3.05, 3.63) is 35.9 Å². The molecule has 7 nitrogen and oxygen atoms in total. The van der Waals surface area contributed by atoms with Crippen molar-refractivity contribution in [2.24, 2.45) is 5.92 Å². The molecular formula is C30H52F2N6O. The second-order valence-corrected chi connectivity index (χ2v) is 10.9. The van der Waals surface area contributed by atoms with E-state index >= 15 is 0 Å². The Balaban J connectivity index is 0.00000760. The van der Waals surface area contributed by atoms with Crippen LogP contribution < -0.4 is 10.6 Å². The number of nitrogens with one attached hydrogen (secondary N) is 4. The Morgan fingerprint density at radius 1 is 1.18 bits per heavy atom. The maximum Gasteiger partial charge on any atom is 0.302 e. The lowest BCUT2D eigenvalue weighted by atomic mass is 9.88. The fourth-order valence-electron chi connectivity index (χ4n) is 5.52. The van der Waals surface area contributed by atoms with E-state index in [0.29, 0.717) is 24.5 Å². The number of amides is 1. The Morgan fingerprint density at radius 2 is 1.82 bits per heavy atom. The molecule has 1 amide bonds. The first-order valence-corrected chi connectivity index (χ1v) is 14.1. The number of piperidine rings is 1. The lowest BCUT2D eigenvalue weighted by molar-refractivity contribution is -0.124. The quantitative estimate of drug-likeness (QED) is 0.130. The van der Waals surface area contributed by atoms with Gasteiger partial charge in [-0.2, -0.15) is 8.78 Å². The molecule has 2 rings (SSSR count). The fraction of sp³-hybridized carbons (Fsp3) is 0.700. The van der Waals surface area contributed by atoms with Crippen molar-refractivity contribution in [3.8, 4) is 0 Å². The van der Waals surface area contributed by atoms with E-state index < -0.39 is 18.5 Å². The van der Waals surface area contributed by atoms with Crippen LogP contribution in [0.2, 0.25) is 0 Å². The van der Waals surface area contributed by atoms with Crippen LogP contribution in [-0.4, -0.2) is 64.6 Å². The van der Waals surface area contributed by atoms with Crippen molar-refractivity contribution in [3.63, 3.8) is 0 Å². The predicted octanol–water partition coefficient (Wildman–Crippen LogP) is 6.42. The first-order chi connectivity index (χ1) is 17.9. The summed E-state index contributed by atoms with van der Waals surface area (Å²) in [5.74, 6) is 0.505. The first kappa shape index (κ1) is 34.6. The summed E-state index contributed by atoms with van der Waals surface area (Å²) in [6.07, 6.45) is 3.34. The SMILES string of the molecule is C.CCCC(F)(F)NCC(=O)NC(CCN1C(C)CC(N(C(C)=N)C(=N)C(C)C)CC1CC)c1ccccc1. The summed E-state index contributed by atoms with van der Waals surface area (Å²) in [5, 5.41) is 22.0. The molecule has 0 aliphatic carbocycles. The zero-order chi connectivity index (χ0) is 28.5. The number of benzene rings is 1. The van der Waals surface area contributed by atoms with Gasteiger partial charge in [0.1, 0.15) is 5.84 Å². The number of alkyl halides is 2. The number of hydrogen-bond acceptors (Lipinski definition) is 5. The molecule has 9 heteroatoms. The van der Waals surface area contributed by atoms with Crippen molar-refractivity contribution in [1.82, 2.24) is 20.4 Å². The van der Waals surface area contributed by atoms with Crippen LogP contribution in [0.1, 0.15) is 99.1 Å². The molecule has 0 spiro atoms. The fourth-order valence-corrected chi connectivity index (χ4v) is 5.52. The normalized spacial score (nSPS) is 20.7. The van der Waals surface area contributed by atoms with Gasteiger partial charge in [-0.3, -0.25) is 20.5 Å². The summed E-state index contributed by atoms with van der Waals surface area (Å²) < 4.78 is 27.7. The molecule has 1 heterocycles. The van der Waals surface area contributed by atoms with Gasteiger partial charge in [0, 0.05) is 37.0 Å². The van der Waals surface area contributed by atoms with Gasteiger partial charge in [-0.15, -0.1) is 0 Å². The van der Waals surface area contributed by atoms with Gasteiger partial charge < -0.3 is 10.2 Å². The van der Waals surface area contributed by atoms with Gasteiger partial charge in [0.25, 0.3) is 0 Å². The van der Waals surface area contributed by atoms with Crippen LogP contribution >= 0.6 is 0 Å². The number of rotatable bonds is 13. The highest BCUT2D eigenvalue weighted by atomic mass is 19.3. The molecule has 0 bridgehead atoms. The van der Waals surface area contributed by atoms with E-state index in [1.807, 2.05) is 49.1 Å². The standard InChI is InChI=1S/C29H48F2N6O.CH4/c1-7-15-29(30,31)34-19-27(38)35-26(23-12-10-9-11-13-23)14-16-36-21(5)17-25(18-24(36)8-2)37(22(6)32)28(33)20(3)4;/h9-13,20-21,24-26,32-34H,7-8,14-19H2,1-6H3,(H,35,38);1H4. The van der Waals surface area contributed by atoms with E-state index in [9.17, 15) is 13.6 Å². The summed E-state index contributed by atoms with van der Waals surface area (Å²) in [7, 11) is 0. The molecule has 1 aromatic rings. The number of amidine groups is 2. The van der Waals surface area contributed by atoms with Crippen molar-refractivity contribution >= 4 is 17.6 Å². The number of carbonyl (C=O) groups excluding carboxylic acids is 1. The molecule has 1 aliphatic heterocycles. The monoisotopic (exact) mass is 550 g/mol. The molecule has 0 saturated carbocycles. The summed E-state index contributed by atoms with van der Waals surface area (Å²) in [6, 6.07) is 6.96. The molecule has 4 unspecified atom stereocenters. The Labute approximate surface area is 235 Å². The smallest absolute Gasteiger partial charge is 0.302 e. The predicted molar refractivity (Wildman–Crippen MR) is 158 cm³/mol. The van der Waals surface area contributed by atoms with E-state index in [-0.39, 0.29) is 43.9 Å². The minimum absolute atomic E-state index is 0. The van der Waals surface area contributed by atoms with Crippen LogP contribution in [0.3, 0.4) is 0 Å². The van der Waals surface area contributed by atoms with Crippen LogP contribution in [0.4, 0.5) is 8.78 Å². The van der Waals surface area contributed by atoms with Gasteiger partial charge in [-0.25, -0.2) is 5.32 Å². The Hall–Kier alpha value is -2.39. The number of likely N-dealkylation sites (tertiary alicyclic amines) is 1. The molecule has 1 aliphatic rings.